The maximum atomic E-state index is 5.33. The standard InChI is InChI=1S/C14H19N5O/c1-2-18-6-8-19(9-7-18)11-13-16-14(17-20-13)12-4-3-5-15-10-12/h3-5,10H,2,6-9,11H2,1H3. The molecule has 0 aliphatic carbocycles. The Labute approximate surface area is 118 Å². The van der Waals surface area contributed by atoms with Crippen LogP contribution in [0, 0.1) is 0 Å². The van der Waals surface area contributed by atoms with Crippen molar-refractivity contribution in [2.24, 2.45) is 0 Å². The first-order valence-electron chi connectivity index (χ1n) is 7.03. The second kappa shape index (κ2) is 6.11. The van der Waals surface area contributed by atoms with E-state index in [1.54, 1.807) is 12.4 Å². The second-order valence-electron chi connectivity index (χ2n) is 4.96. The highest BCUT2D eigenvalue weighted by Gasteiger charge is 2.18. The number of nitrogens with zero attached hydrogens (tertiary/aromatic N) is 5. The molecule has 20 heavy (non-hydrogen) atoms. The van der Waals surface area contributed by atoms with Crippen molar-refractivity contribution in [1.29, 1.82) is 0 Å². The molecule has 6 nitrogen and oxygen atoms in total. The Balaban J connectivity index is 1.61. The molecule has 1 fully saturated rings. The lowest BCUT2D eigenvalue weighted by Crippen LogP contribution is -2.45. The molecule has 2 aromatic rings. The van der Waals surface area contributed by atoms with Crippen LogP contribution in [0.1, 0.15) is 12.8 Å². The van der Waals surface area contributed by atoms with Crippen LogP contribution in [0.5, 0.6) is 0 Å². The average Bonchev–Trinajstić information content (AvgIpc) is 2.97. The van der Waals surface area contributed by atoms with Gasteiger partial charge >= 0.3 is 0 Å². The van der Waals surface area contributed by atoms with E-state index in [0.717, 1.165) is 44.8 Å². The summed E-state index contributed by atoms with van der Waals surface area (Å²) in [4.78, 5) is 13.3. The monoisotopic (exact) mass is 273 g/mol. The summed E-state index contributed by atoms with van der Waals surface area (Å²) in [5.41, 5.74) is 0.887. The molecular weight excluding hydrogens is 254 g/mol. The number of hydrogen-bond acceptors (Lipinski definition) is 6. The van der Waals surface area contributed by atoms with Crippen LogP contribution in [0.25, 0.3) is 11.4 Å². The Morgan fingerprint density at radius 3 is 2.70 bits per heavy atom. The van der Waals surface area contributed by atoms with E-state index >= 15 is 0 Å². The highest BCUT2D eigenvalue weighted by atomic mass is 16.5. The predicted octanol–water partition coefficient (Wildman–Crippen LogP) is 1.27. The van der Waals surface area contributed by atoms with Crippen molar-refractivity contribution in [2.45, 2.75) is 13.5 Å². The van der Waals surface area contributed by atoms with Crippen molar-refractivity contribution in [1.82, 2.24) is 24.9 Å². The number of likely N-dealkylation sites (N-methyl/N-ethyl adjacent to an activating group) is 1. The van der Waals surface area contributed by atoms with Crippen LogP contribution in [-0.4, -0.2) is 57.6 Å². The molecule has 1 saturated heterocycles. The minimum absolute atomic E-state index is 0.611. The van der Waals surface area contributed by atoms with Gasteiger partial charge in [0, 0.05) is 44.1 Å². The molecule has 1 aliphatic rings. The fourth-order valence-electron chi connectivity index (χ4n) is 2.39. The van der Waals surface area contributed by atoms with Crippen molar-refractivity contribution in [2.75, 3.05) is 32.7 Å². The summed E-state index contributed by atoms with van der Waals surface area (Å²) >= 11 is 0. The third-order valence-corrected chi connectivity index (χ3v) is 3.66. The second-order valence-corrected chi connectivity index (χ2v) is 4.96. The lowest BCUT2D eigenvalue weighted by molar-refractivity contribution is 0.121. The van der Waals surface area contributed by atoms with Gasteiger partial charge in [0.05, 0.1) is 6.54 Å². The molecule has 106 valence electrons. The SMILES string of the molecule is CCN1CCN(Cc2nc(-c3cccnc3)no2)CC1. The number of hydrogen-bond donors (Lipinski definition) is 0. The van der Waals surface area contributed by atoms with Crippen molar-refractivity contribution in [3.8, 4) is 11.4 Å². The number of piperazine rings is 1. The maximum absolute atomic E-state index is 5.33. The number of pyridine rings is 1. The topological polar surface area (TPSA) is 58.3 Å². The number of rotatable bonds is 4. The minimum Gasteiger partial charge on any atom is -0.338 e. The van der Waals surface area contributed by atoms with Gasteiger partial charge in [-0.2, -0.15) is 4.98 Å². The molecule has 3 heterocycles. The summed E-state index contributed by atoms with van der Waals surface area (Å²) < 4.78 is 5.33. The van der Waals surface area contributed by atoms with Crippen LogP contribution in [0.4, 0.5) is 0 Å². The molecule has 0 radical (unpaired) electrons. The molecule has 0 spiro atoms. The summed E-state index contributed by atoms with van der Waals surface area (Å²) in [7, 11) is 0. The summed E-state index contributed by atoms with van der Waals surface area (Å²) in [5, 5.41) is 4.02. The molecule has 0 aromatic carbocycles. The zero-order chi connectivity index (χ0) is 13.8. The highest BCUT2D eigenvalue weighted by Crippen LogP contribution is 2.15. The first-order valence-corrected chi connectivity index (χ1v) is 7.03. The molecule has 0 amide bonds. The molecule has 0 atom stereocenters. The zero-order valence-electron chi connectivity index (χ0n) is 11.7. The molecule has 0 unspecified atom stereocenters. The Hall–Kier alpha value is -1.79. The van der Waals surface area contributed by atoms with Gasteiger partial charge in [-0.1, -0.05) is 12.1 Å². The van der Waals surface area contributed by atoms with E-state index in [2.05, 4.69) is 31.8 Å². The first-order chi connectivity index (χ1) is 9.85. The summed E-state index contributed by atoms with van der Waals surface area (Å²) in [6.45, 7) is 8.38. The summed E-state index contributed by atoms with van der Waals surface area (Å²) in [6, 6.07) is 3.80. The van der Waals surface area contributed by atoms with E-state index in [-0.39, 0.29) is 0 Å². The van der Waals surface area contributed by atoms with Crippen LogP contribution in [0.15, 0.2) is 29.0 Å². The molecule has 0 N–H and O–H groups in total. The Morgan fingerprint density at radius 2 is 2.00 bits per heavy atom. The average molecular weight is 273 g/mol. The summed E-state index contributed by atoms with van der Waals surface area (Å²) in [5.74, 6) is 1.29. The molecule has 0 bridgehead atoms. The van der Waals surface area contributed by atoms with Crippen LogP contribution in [0.3, 0.4) is 0 Å². The minimum atomic E-state index is 0.611. The molecule has 1 aliphatic heterocycles. The third kappa shape index (κ3) is 3.02. The van der Waals surface area contributed by atoms with Gasteiger partial charge in [0.2, 0.25) is 11.7 Å². The Morgan fingerprint density at radius 1 is 1.20 bits per heavy atom. The summed E-state index contributed by atoms with van der Waals surface area (Å²) in [6.07, 6.45) is 3.48. The van der Waals surface area contributed by atoms with Gasteiger partial charge in [0.25, 0.3) is 0 Å². The van der Waals surface area contributed by atoms with Gasteiger partial charge in [0.1, 0.15) is 0 Å². The Bertz CT molecular complexity index is 534. The van der Waals surface area contributed by atoms with Gasteiger partial charge in [-0.15, -0.1) is 0 Å². The largest absolute Gasteiger partial charge is 0.338 e. The van der Waals surface area contributed by atoms with Gasteiger partial charge in [0.15, 0.2) is 0 Å². The van der Waals surface area contributed by atoms with E-state index in [0.29, 0.717) is 11.7 Å². The quantitative estimate of drug-likeness (QED) is 0.836. The van der Waals surface area contributed by atoms with Crippen molar-refractivity contribution in [3.63, 3.8) is 0 Å². The third-order valence-electron chi connectivity index (χ3n) is 3.66. The van der Waals surface area contributed by atoms with Crippen LogP contribution >= 0.6 is 0 Å². The van der Waals surface area contributed by atoms with E-state index in [1.165, 1.54) is 0 Å². The molecule has 6 heteroatoms. The van der Waals surface area contributed by atoms with E-state index in [1.807, 2.05) is 12.1 Å². The maximum Gasteiger partial charge on any atom is 0.241 e. The van der Waals surface area contributed by atoms with Gasteiger partial charge < -0.3 is 9.42 Å². The van der Waals surface area contributed by atoms with Crippen LogP contribution in [-0.2, 0) is 6.54 Å². The van der Waals surface area contributed by atoms with Gasteiger partial charge in [-0.05, 0) is 18.7 Å². The normalized spacial score (nSPS) is 17.4. The van der Waals surface area contributed by atoms with Crippen molar-refractivity contribution < 1.29 is 4.52 Å². The van der Waals surface area contributed by atoms with Gasteiger partial charge in [-0.25, -0.2) is 0 Å². The van der Waals surface area contributed by atoms with Crippen molar-refractivity contribution in [3.05, 3.63) is 30.4 Å². The van der Waals surface area contributed by atoms with E-state index in [9.17, 15) is 0 Å². The van der Waals surface area contributed by atoms with Crippen LogP contribution < -0.4 is 0 Å². The fourth-order valence-corrected chi connectivity index (χ4v) is 2.39. The van der Waals surface area contributed by atoms with E-state index < -0.39 is 0 Å². The fraction of sp³-hybridized carbons (Fsp3) is 0.500. The first kappa shape index (κ1) is 13.2. The zero-order valence-corrected chi connectivity index (χ0v) is 11.7. The lowest BCUT2D eigenvalue weighted by atomic mass is 10.3. The smallest absolute Gasteiger partial charge is 0.241 e. The predicted molar refractivity (Wildman–Crippen MR) is 74.9 cm³/mol. The molecule has 0 saturated carbocycles. The highest BCUT2D eigenvalue weighted by molar-refractivity contribution is 5.51. The van der Waals surface area contributed by atoms with Crippen molar-refractivity contribution >= 4 is 0 Å². The number of aromatic nitrogens is 3. The molecule has 2 aromatic heterocycles. The molecule has 3 rings (SSSR count). The Kier molecular flexibility index (Phi) is 4.03. The van der Waals surface area contributed by atoms with E-state index in [4.69, 9.17) is 4.52 Å². The van der Waals surface area contributed by atoms with Gasteiger partial charge in [-0.3, -0.25) is 9.88 Å². The van der Waals surface area contributed by atoms with Crippen LogP contribution in [0.2, 0.25) is 0 Å². The lowest BCUT2D eigenvalue weighted by Gasteiger charge is -2.33. The molecular formula is C14H19N5O.